The summed E-state index contributed by atoms with van der Waals surface area (Å²) in [6.07, 6.45) is 1.18. The Labute approximate surface area is 257 Å². The molecule has 0 radical (unpaired) electrons. The molecule has 0 aliphatic carbocycles. The van der Waals surface area contributed by atoms with Crippen molar-refractivity contribution in [2.75, 3.05) is 58.9 Å². The molecule has 0 aliphatic heterocycles. The molecule has 4 aromatic rings. The molecule has 44 heavy (non-hydrogen) atoms. The van der Waals surface area contributed by atoms with Crippen LogP contribution >= 0.6 is 0 Å². The Balaban J connectivity index is 1.38. The molecular weight excluding hydrogens is 586 g/mol. The van der Waals surface area contributed by atoms with E-state index >= 15 is 0 Å². The van der Waals surface area contributed by atoms with Gasteiger partial charge in [-0.15, -0.1) is 0 Å². The molecule has 0 heterocycles. The summed E-state index contributed by atoms with van der Waals surface area (Å²) in [5.41, 5.74) is 1.57. The van der Waals surface area contributed by atoms with Crippen LogP contribution in [0.3, 0.4) is 0 Å². The van der Waals surface area contributed by atoms with E-state index < -0.39 is 15.8 Å². The van der Waals surface area contributed by atoms with E-state index in [1.165, 1.54) is 6.26 Å². The van der Waals surface area contributed by atoms with Crippen molar-refractivity contribution in [3.05, 3.63) is 78.9 Å². The van der Waals surface area contributed by atoms with Gasteiger partial charge in [-0.3, -0.25) is 4.90 Å². The molecular formula is C33H37NO9S. The lowest BCUT2D eigenvalue weighted by molar-refractivity contribution is -0.142. The number of phenols is 1. The minimum Gasteiger partial charge on any atom is -0.508 e. The number of hydrogen-bond acceptors (Lipinski definition) is 9. The van der Waals surface area contributed by atoms with Crippen LogP contribution in [0.2, 0.25) is 0 Å². The minimum atomic E-state index is -3.33. The van der Waals surface area contributed by atoms with Crippen LogP contribution in [-0.2, 0) is 24.1 Å². The van der Waals surface area contributed by atoms with Gasteiger partial charge in [-0.1, -0.05) is 25.1 Å². The first-order valence-electron chi connectivity index (χ1n) is 14.2. The summed E-state index contributed by atoms with van der Waals surface area (Å²) in [5, 5.41) is 20.2. The number of ether oxygens (including phenoxy) is 4. The van der Waals surface area contributed by atoms with E-state index in [1.54, 1.807) is 42.5 Å². The predicted molar refractivity (Wildman–Crippen MR) is 168 cm³/mol. The van der Waals surface area contributed by atoms with Gasteiger partial charge in [0.1, 0.15) is 36.2 Å². The van der Waals surface area contributed by atoms with Gasteiger partial charge in [-0.05, 0) is 78.2 Å². The first-order valence-corrected chi connectivity index (χ1v) is 16.1. The SMILES string of the molecule is CCN(CCOCCOCC(=O)O)CCOc1ccc(Oc2c(-c3ccc(S(C)(=O)=O)cc3)ccc3cc(O)ccc23)cc1. The van der Waals surface area contributed by atoms with Crippen molar-refractivity contribution in [2.45, 2.75) is 11.8 Å². The number of nitrogens with zero attached hydrogens (tertiary/aromatic N) is 1. The number of sulfone groups is 1. The fourth-order valence-corrected chi connectivity index (χ4v) is 5.15. The minimum absolute atomic E-state index is 0.145. The molecule has 0 spiro atoms. The van der Waals surface area contributed by atoms with Gasteiger partial charge >= 0.3 is 5.97 Å². The molecule has 234 valence electrons. The molecule has 0 amide bonds. The van der Waals surface area contributed by atoms with E-state index in [4.69, 9.17) is 24.1 Å². The van der Waals surface area contributed by atoms with Crippen LogP contribution in [0.15, 0.2) is 83.8 Å². The predicted octanol–water partition coefficient (Wildman–Crippen LogP) is 5.23. The normalized spacial score (nSPS) is 11.6. The van der Waals surface area contributed by atoms with Gasteiger partial charge in [0.15, 0.2) is 9.84 Å². The second kappa shape index (κ2) is 15.5. The van der Waals surface area contributed by atoms with Gasteiger partial charge in [0.2, 0.25) is 0 Å². The number of fused-ring (bicyclic) bond motifs is 1. The van der Waals surface area contributed by atoms with Crippen LogP contribution < -0.4 is 9.47 Å². The van der Waals surface area contributed by atoms with Crippen LogP contribution in [0.25, 0.3) is 21.9 Å². The number of aromatic hydroxyl groups is 1. The first kappa shape index (κ1) is 32.7. The number of benzene rings is 4. The lowest BCUT2D eigenvalue weighted by Crippen LogP contribution is -2.31. The summed E-state index contributed by atoms with van der Waals surface area (Å²) in [5.74, 6) is 1.01. The number of likely N-dealkylation sites (N-methyl/N-ethyl adjacent to an activating group) is 1. The maximum Gasteiger partial charge on any atom is 0.329 e. The maximum atomic E-state index is 12.0. The van der Waals surface area contributed by atoms with Gasteiger partial charge in [0, 0.05) is 30.3 Å². The largest absolute Gasteiger partial charge is 0.508 e. The van der Waals surface area contributed by atoms with Crippen molar-refractivity contribution in [2.24, 2.45) is 0 Å². The molecule has 0 bridgehead atoms. The number of carboxylic acids is 1. The Morgan fingerprint density at radius 3 is 2.18 bits per heavy atom. The van der Waals surface area contributed by atoms with E-state index in [1.807, 2.05) is 36.4 Å². The lowest BCUT2D eigenvalue weighted by atomic mass is 9.99. The zero-order valence-electron chi connectivity index (χ0n) is 24.8. The smallest absolute Gasteiger partial charge is 0.329 e. The molecule has 4 rings (SSSR count). The molecule has 11 heteroatoms. The van der Waals surface area contributed by atoms with Crippen molar-refractivity contribution in [3.63, 3.8) is 0 Å². The molecule has 4 aromatic carbocycles. The summed E-state index contributed by atoms with van der Waals surface area (Å²) < 4.78 is 46.7. The Hall–Kier alpha value is -4.16. The standard InChI is InChI=1S/C33H37NO9S/c1-3-34(16-18-40-20-21-41-23-32(36)37)17-19-42-27-8-10-28(11-9-27)43-33-30(14-6-25-22-26(35)7-15-31(25)33)24-4-12-29(13-5-24)44(2,38)39/h4-15,22,35H,3,16-21,23H2,1-2H3,(H,36,37). The monoisotopic (exact) mass is 623 g/mol. The zero-order chi connectivity index (χ0) is 31.5. The van der Waals surface area contributed by atoms with Gasteiger partial charge in [-0.25, -0.2) is 13.2 Å². The molecule has 0 aliphatic rings. The molecule has 0 atom stereocenters. The van der Waals surface area contributed by atoms with Crippen molar-refractivity contribution >= 4 is 26.6 Å². The molecule has 0 saturated heterocycles. The second-order valence-electron chi connectivity index (χ2n) is 10.1. The molecule has 0 unspecified atom stereocenters. The Morgan fingerprint density at radius 1 is 0.818 bits per heavy atom. The zero-order valence-corrected chi connectivity index (χ0v) is 25.6. The van der Waals surface area contributed by atoms with E-state index in [0.717, 1.165) is 28.4 Å². The van der Waals surface area contributed by atoms with Crippen molar-refractivity contribution in [1.29, 1.82) is 0 Å². The summed E-state index contributed by atoms with van der Waals surface area (Å²) in [6.45, 7) is 5.56. The highest BCUT2D eigenvalue weighted by atomic mass is 32.2. The van der Waals surface area contributed by atoms with E-state index in [9.17, 15) is 18.3 Å². The van der Waals surface area contributed by atoms with E-state index in [0.29, 0.717) is 50.2 Å². The molecule has 2 N–H and O–H groups in total. The van der Waals surface area contributed by atoms with Gasteiger partial charge in [0.05, 0.1) is 24.7 Å². The van der Waals surface area contributed by atoms with Crippen molar-refractivity contribution in [1.82, 2.24) is 4.90 Å². The van der Waals surface area contributed by atoms with Gasteiger partial charge in [-0.2, -0.15) is 0 Å². The average molecular weight is 624 g/mol. The fraction of sp³-hybridized carbons (Fsp3) is 0.303. The van der Waals surface area contributed by atoms with Crippen molar-refractivity contribution in [3.8, 4) is 34.1 Å². The molecule has 0 fully saturated rings. The number of carboxylic acid groups (broad SMARTS) is 1. The second-order valence-corrected chi connectivity index (χ2v) is 12.1. The van der Waals surface area contributed by atoms with Crippen LogP contribution in [0.1, 0.15) is 6.92 Å². The summed E-state index contributed by atoms with van der Waals surface area (Å²) >= 11 is 0. The Kier molecular flexibility index (Phi) is 11.6. The molecule has 0 saturated carbocycles. The van der Waals surface area contributed by atoms with E-state index in [2.05, 4.69) is 11.8 Å². The summed E-state index contributed by atoms with van der Waals surface area (Å²) in [7, 11) is -3.33. The number of aliphatic carboxylic acids is 1. The summed E-state index contributed by atoms with van der Waals surface area (Å²) in [6, 6.07) is 22.8. The fourth-order valence-electron chi connectivity index (χ4n) is 4.52. The quantitative estimate of drug-likeness (QED) is 0.151. The third-order valence-electron chi connectivity index (χ3n) is 6.86. The van der Waals surface area contributed by atoms with Gasteiger partial charge in [0.25, 0.3) is 0 Å². The topological polar surface area (TPSA) is 132 Å². The molecule has 10 nitrogen and oxygen atoms in total. The number of phenolic OH excluding ortho intramolecular Hbond substituents is 1. The van der Waals surface area contributed by atoms with Crippen molar-refractivity contribution < 1.29 is 42.4 Å². The third-order valence-corrected chi connectivity index (χ3v) is 7.99. The van der Waals surface area contributed by atoms with Crippen LogP contribution in [0.4, 0.5) is 0 Å². The highest BCUT2D eigenvalue weighted by molar-refractivity contribution is 7.90. The Bertz CT molecular complexity index is 1640. The third kappa shape index (κ3) is 9.42. The Morgan fingerprint density at radius 2 is 1.50 bits per heavy atom. The number of rotatable bonds is 17. The molecule has 0 aromatic heterocycles. The highest BCUT2D eigenvalue weighted by Crippen LogP contribution is 2.41. The lowest BCUT2D eigenvalue weighted by Gasteiger charge is -2.20. The van der Waals surface area contributed by atoms with Crippen LogP contribution in [0.5, 0.6) is 23.0 Å². The maximum absolute atomic E-state index is 12.0. The number of carbonyl (C=O) groups is 1. The average Bonchev–Trinajstić information content (AvgIpc) is 3.00. The van der Waals surface area contributed by atoms with Crippen LogP contribution in [-0.4, -0.2) is 88.4 Å². The number of hydrogen-bond donors (Lipinski definition) is 2. The highest BCUT2D eigenvalue weighted by Gasteiger charge is 2.15. The van der Waals surface area contributed by atoms with E-state index in [-0.39, 0.29) is 23.9 Å². The van der Waals surface area contributed by atoms with Gasteiger partial charge < -0.3 is 29.2 Å². The summed E-state index contributed by atoms with van der Waals surface area (Å²) in [4.78, 5) is 12.9. The van der Waals surface area contributed by atoms with Crippen LogP contribution in [0, 0.1) is 0 Å². The first-order chi connectivity index (χ1) is 21.1.